The molecule has 35 heavy (non-hydrogen) atoms. The first-order valence-electron chi connectivity index (χ1n) is 10.6. The van der Waals surface area contributed by atoms with E-state index in [9.17, 15) is 18.3 Å². The second kappa shape index (κ2) is 10.9. The molecular formula is C22H22Cl2N4O5S2. The average Bonchev–Trinajstić information content (AvgIpc) is 3.40. The first kappa shape index (κ1) is 26.0. The molecule has 3 aromatic rings. The Bertz CT molecular complexity index is 1330. The van der Waals surface area contributed by atoms with Gasteiger partial charge in [0.25, 0.3) is 0 Å². The summed E-state index contributed by atoms with van der Waals surface area (Å²) in [6.07, 6.45) is 3.35. The van der Waals surface area contributed by atoms with Gasteiger partial charge in [-0.2, -0.15) is 8.42 Å². The summed E-state index contributed by atoms with van der Waals surface area (Å²) in [4.78, 5) is 22.0. The summed E-state index contributed by atoms with van der Waals surface area (Å²) in [5, 5.41) is 21.2. The number of aliphatic hydroxyl groups is 1. The third-order valence-corrected chi connectivity index (χ3v) is 7.85. The number of ketones is 1. The predicted molar refractivity (Wildman–Crippen MR) is 134 cm³/mol. The van der Waals surface area contributed by atoms with Crippen LogP contribution < -0.4 is 10.5 Å². The molecule has 4 rings (SSSR count). The fourth-order valence-electron chi connectivity index (χ4n) is 3.99. The third-order valence-electron chi connectivity index (χ3n) is 5.67. The fraction of sp³-hybridized carbons (Fsp3) is 0.318. The average molecular weight is 557 g/mol. The monoisotopic (exact) mass is 556 g/mol. The van der Waals surface area contributed by atoms with E-state index in [1.54, 1.807) is 12.1 Å². The number of carbonyl (C=O) groups is 1. The van der Waals surface area contributed by atoms with Gasteiger partial charge in [0, 0.05) is 18.2 Å². The maximum Gasteiger partial charge on any atom is 0.333 e. The predicted octanol–water partition coefficient (Wildman–Crippen LogP) is 3.44. The van der Waals surface area contributed by atoms with Crippen molar-refractivity contribution in [3.63, 3.8) is 0 Å². The van der Waals surface area contributed by atoms with E-state index in [4.69, 9.17) is 28.3 Å². The Morgan fingerprint density at radius 2 is 2.03 bits per heavy atom. The number of halogens is 2. The normalized spacial score (nSPS) is 20.2. The molecule has 4 N–H and O–H groups in total. The maximum absolute atomic E-state index is 13.2. The molecule has 9 nitrogen and oxygen atoms in total. The number of nitrogens with two attached hydrogens (primary N) is 1. The SMILES string of the molecule is NS(=O)(=O)OC[C@H]1C[C@@H](Nc2ncncc2C(=O)c2cc(Cc3ccc(Cl)c(Cl)c3)cs2)C[C@@H]1O. The number of anilines is 1. The van der Waals surface area contributed by atoms with E-state index in [0.717, 1.165) is 11.1 Å². The van der Waals surface area contributed by atoms with Crippen molar-refractivity contribution in [2.75, 3.05) is 11.9 Å². The van der Waals surface area contributed by atoms with Crippen LogP contribution in [-0.4, -0.2) is 48.0 Å². The van der Waals surface area contributed by atoms with E-state index < -0.39 is 22.3 Å². The molecule has 0 unspecified atom stereocenters. The van der Waals surface area contributed by atoms with Gasteiger partial charge in [-0.05, 0) is 54.0 Å². The van der Waals surface area contributed by atoms with Gasteiger partial charge in [-0.1, -0.05) is 29.3 Å². The maximum atomic E-state index is 13.2. The molecule has 3 atom stereocenters. The van der Waals surface area contributed by atoms with Crippen molar-refractivity contribution >= 4 is 56.4 Å². The van der Waals surface area contributed by atoms with Gasteiger partial charge in [-0.3, -0.25) is 8.98 Å². The van der Waals surface area contributed by atoms with Crippen LogP contribution in [0.3, 0.4) is 0 Å². The van der Waals surface area contributed by atoms with E-state index in [0.29, 0.717) is 45.6 Å². The Balaban J connectivity index is 1.44. The van der Waals surface area contributed by atoms with Crippen molar-refractivity contribution in [1.29, 1.82) is 0 Å². The van der Waals surface area contributed by atoms with Crippen LogP contribution in [0.4, 0.5) is 5.82 Å². The quantitative estimate of drug-likeness (QED) is 0.340. The number of carbonyl (C=O) groups excluding carboxylic acids is 1. The number of aromatic nitrogens is 2. The molecule has 1 aromatic carbocycles. The topological polar surface area (TPSA) is 144 Å². The van der Waals surface area contributed by atoms with Gasteiger partial charge in [0.05, 0.1) is 33.2 Å². The van der Waals surface area contributed by atoms with Crippen LogP contribution in [0.2, 0.25) is 10.0 Å². The number of nitrogens with one attached hydrogen (secondary N) is 1. The summed E-state index contributed by atoms with van der Waals surface area (Å²) in [6.45, 7) is -0.218. The molecule has 0 saturated heterocycles. The van der Waals surface area contributed by atoms with E-state index in [2.05, 4.69) is 19.5 Å². The number of thiophene rings is 1. The van der Waals surface area contributed by atoms with Crippen LogP contribution in [0.25, 0.3) is 0 Å². The van der Waals surface area contributed by atoms with Gasteiger partial charge in [-0.15, -0.1) is 11.3 Å². The molecule has 2 aromatic heterocycles. The number of rotatable bonds is 9. The summed E-state index contributed by atoms with van der Waals surface area (Å²) < 4.78 is 26.7. The zero-order chi connectivity index (χ0) is 25.2. The molecule has 0 bridgehead atoms. The lowest BCUT2D eigenvalue weighted by molar-refractivity contribution is 0.101. The first-order valence-corrected chi connectivity index (χ1v) is 13.7. The number of nitrogens with zero attached hydrogens (tertiary/aromatic N) is 2. The molecule has 1 saturated carbocycles. The molecule has 186 valence electrons. The molecule has 1 aliphatic carbocycles. The molecule has 13 heteroatoms. The van der Waals surface area contributed by atoms with Crippen molar-refractivity contribution in [2.45, 2.75) is 31.4 Å². The molecule has 1 fully saturated rings. The van der Waals surface area contributed by atoms with Crippen LogP contribution in [0.1, 0.15) is 39.2 Å². The van der Waals surface area contributed by atoms with Gasteiger partial charge in [0.1, 0.15) is 12.1 Å². The standard InChI is InChI=1S/C22H22Cl2N4O5S2/c23-17-2-1-12(4-18(17)24)3-13-5-20(34-10-13)21(30)16-8-26-11-27-22(16)28-15-6-14(19(29)7-15)9-33-35(25,31)32/h1-2,4-5,8,10-11,14-15,19,29H,3,6-7,9H2,(H2,25,31,32)(H,26,27,28)/t14-,15-,19+/m1/s1. The van der Waals surface area contributed by atoms with Crippen molar-refractivity contribution in [3.8, 4) is 0 Å². The van der Waals surface area contributed by atoms with Gasteiger partial charge >= 0.3 is 10.3 Å². The smallest absolute Gasteiger partial charge is 0.333 e. The van der Waals surface area contributed by atoms with Crippen molar-refractivity contribution < 1.29 is 22.5 Å². The number of benzene rings is 1. The summed E-state index contributed by atoms with van der Waals surface area (Å²) in [7, 11) is -4.09. The Hall–Kier alpha value is -2.12. The van der Waals surface area contributed by atoms with E-state index in [-0.39, 0.29) is 18.4 Å². The Morgan fingerprint density at radius 1 is 1.23 bits per heavy atom. The van der Waals surface area contributed by atoms with Crippen LogP contribution in [0.5, 0.6) is 0 Å². The Kier molecular flexibility index (Phi) is 8.06. The highest BCUT2D eigenvalue weighted by Crippen LogP contribution is 2.31. The van der Waals surface area contributed by atoms with Gasteiger partial charge in [-0.25, -0.2) is 15.1 Å². The minimum absolute atomic E-state index is 0.218. The molecule has 1 aliphatic rings. The lowest BCUT2D eigenvalue weighted by Gasteiger charge is -2.15. The largest absolute Gasteiger partial charge is 0.393 e. The molecule has 0 amide bonds. The number of hydrogen-bond donors (Lipinski definition) is 3. The second-order valence-corrected chi connectivity index (χ2v) is 11.2. The lowest BCUT2D eigenvalue weighted by Crippen LogP contribution is -2.24. The zero-order valence-corrected chi connectivity index (χ0v) is 21.4. The van der Waals surface area contributed by atoms with E-state index >= 15 is 0 Å². The van der Waals surface area contributed by atoms with E-state index in [1.807, 2.05) is 17.5 Å². The molecule has 2 heterocycles. The zero-order valence-electron chi connectivity index (χ0n) is 18.2. The van der Waals surface area contributed by atoms with Gasteiger partial charge in [0.2, 0.25) is 5.78 Å². The van der Waals surface area contributed by atoms with Gasteiger partial charge in [0.15, 0.2) is 0 Å². The third kappa shape index (κ3) is 6.76. The molecule has 0 aliphatic heterocycles. The highest BCUT2D eigenvalue weighted by Gasteiger charge is 2.34. The minimum Gasteiger partial charge on any atom is -0.393 e. The van der Waals surface area contributed by atoms with Crippen LogP contribution in [-0.2, 0) is 20.9 Å². The summed E-state index contributed by atoms with van der Waals surface area (Å²) in [5.74, 6) is -0.311. The van der Waals surface area contributed by atoms with Gasteiger partial charge < -0.3 is 10.4 Å². The summed E-state index contributed by atoms with van der Waals surface area (Å²) in [5.41, 5.74) is 2.23. The van der Waals surface area contributed by atoms with Crippen molar-refractivity contribution in [1.82, 2.24) is 9.97 Å². The summed E-state index contributed by atoms with van der Waals surface area (Å²) >= 11 is 13.4. The second-order valence-electron chi connectivity index (χ2n) is 8.28. The van der Waals surface area contributed by atoms with Crippen LogP contribution in [0.15, 0.2) is 42.2 Å². The van der Waals surface area contributed by atoms with Crippen LogP contribution >= 0.6 is 34.5 Å². The number of hydrogen-bond acceptors (Lipinski definition) is 9. The van der Waals surface area contributed by atoms with Crippen molar-refractivity contribution in [2.24, 2.45) is 11.1 Å². The first-order chi connectivity index (χ1) is 16.6. The molecule has 0 spiro atoms. The highest BCUT2D eigenvalue weighted by molar-refractivity contribution is 7.84. The molecular weight excluding hydrogens is 535 g/mol. The number of aliphatic hydroxyl groups excluding tert-OH is 1. The Morgan fingerprint density at radius 3 is 2.77 bits per heavy atom. The minimum atomic E-state index is -4.09. The van der Waals surface area contributed by atoms with Crippen molar-refractivity contribution in [3.05, 3.63) is 73.8 Å². The van der Waals surface area contributed by atoms with Crippen LogP contribution in [0, 0.1) is 5.92 Å². The van der Waals surface area contributed by atoms with E-state index in [1.165, 1.54) is 23.9 Å². The lowest BCUT2D eigenvalue weighted by atomic mass is 10.1. The Labute approximate surface area is 216 Å². The molecule has 0 radical (unpaired) electrons. The summed E-state index contributed by atoms with van der Waals surface area (Å²) in [6, 6.07) is 7.01. The fourth-order valence-corrected chi connectivity index (χ4v) is 5.54. The highest BCUT2D eigenvalue weighted by atomic mass is 35.5.